The number of phenolic OH excluding ortho intramolecular Hbond substituents is 2. The van der Waals surface area contributed by atoms with E-state index in [1.54, 1.807) is 18.2 Å². The SMILES string of the molecule is CC(C)CCc1c(O)c(C2=NS(=O)c3ccccc3N2)c(O)c2ccccc12. The summed E-state index contributed by atoms with van der Waals surface area (Å²) >= 11 is 0. The number of aromatic hydroxyl groups is 2. The summed E-state index contributed by atoms with van der Waals surface area (Å²) in [7, 11) is -1.61. The molecule has 3 aromatic carbocycles. The molecule has 0 spiro atoms. The number of rotatable bonds is 4. The smallest absolute Gasteiger partial charge is 0.176 e. The lowest BCUT2D eigenvalue weighted by atomic mass is 9.92. The lowest BCUT2D eigenvalue weighted by molar-refractivity contribution is 0.446. The van der Waals surface area contributed by atoms with Crippen LogP contribution in [0.2, 0.25) is 0 Å². The molecule has 3 N–H and O–H groups in total. The van der Waals surface area contributed by atoms with Crippen molar-refractivity contribution < 1.29 is 14.4 Å². The highest BCUT2D eigenvalue weighted by atomic mass is 32.2. The van der Waals surface area contributed by atoms with E-state index < -0.39 is 11.0 Å². The Balaban J connectivity index is 1.91. The van der Waals surface area contributed by atoms with Crippen LogP contribution in [0.3, 0.4) is 0 Å². The molecule has 0 saturated heterocycles. The number of aryl methyl sites for hydroxylation is 1. The predicted molar refractivity (Wildman–Crippen MR) is 113 cm³/mol. The van der Waals surface area contributed by atoms with E-state index in [2.05, 4.69) is 23.6 Å². The highest BCUT2D eigenvalue weighted by molar-refractivity contribution is 7.84. The van der Waals surface area contributed by atoms with E-state index in [9.17, 15) is 14.4 Å². The quantitative estimate of drug-likeness (QED) is 0.597. The summed E-state index contributed by atoms with van der Waals surface area (Å²) < 4.78 is 16.8. The first-order valence-corrected chi connectivity index (χ1v) is 10.4. The summed E-state index contributed by atoms with van der Waals surface area (Å²) in [6, 6.07) is 14.6. The normalized spacial score (nSPS) is 16.0. The van der Waals surface area contributed by atoms with Gasteiger partial charge >= 0.3 is 0 Å². The molecule has 0 saturated carbocycles. The predicted octanol–water partition coefficient (Wildman–Crippen LogP) is 4.73. The Hall–Kier alpha value is -2.86. The molecule has 28 heavy (non-hydrogen) atoms. The van der Waals surface area contributed by atoms with Crippen LogP contribution in [0.1, 0.15) is 31.4 Å². The molecule has 0 amide bonds. The zero-order valence-electron chi connectivity index (χ0n) is 15.8. The fourth-order valence-corrected chi connectivity index (χ4v) is 4.40. The maximum atomic E-state index is 12.6. The number of hydrogen-bond acceptors (Lipinski definition) is 4. The number of nitrogens with zero attached hydrogens (tertiary/aromatic N) is 1. The number of benzene rings is 3. The second-order valence-electron chi connectivity index (χ2n) is 7.34. The third-order valence-electron chi connectivity index (χ3n) is 4.98. The molecule has 3 aromatic rings. The molecule has 6 heteroatoms. The van der Waals surface area contributed by atoms with Gasteiger partial charge in [-0.15, -0.1) is 0 Å². The van der Waals surface area contributed by atoms with Gasteiger partial charge in [0.1, 0.15) is 17.1 Å². The molecule has 144 valence electrons. The van der Waals surface area contributed by atoms with Gasteiger partial charge in [0, 0.05) is 10.9 Å². The molecule has 1 aliphatic heterocycles. The van der Waals surface area contributed by atoms with Crippen molar-refractivity contribution in [2.24, 2.45) is 10.3 Å². The van der Waals surface area contributed by atoms with Gasteiger partial charge in [0.2, 0.25) is 0 Å². The molecule has 0 fully saturated rings. The molecule has 1 heterocycles. The summed E-state index contributed by atoms with van der Waals surface area (Å²) in [4.78, 5) is 0.575. The minimum atomic E-state index is -1.61. The molecule has 5 nitrogen and oxygen atoms in total. The Morgan fingerprint density at radius 3 is 2.43 bits per heavy atom. The number of amidine groups is 1. The van der Waals surface area contributed by atoms with Gasteiger partial charge in [-0.2, -0.15) is 4.40 Å². The van der Waals surface area contributed by atoms with Gasteiger partial charge in [-0.3, -0.25) is 0 Å². The lowest BCUT2D eigenvalue weighted by Crippen LogP contribution is -2.20. The van der Waals surface area contributed by atoms with Crippen LogP contribution >= 0.6 is 0 Å². The fourth-order valence-electron chi connectivity index (χ4n) is 3.50. The first kappa shape index (κ1) is 18.5. The third kappa shape index (κ3) is 3.14. The van der Waals surface area contributed by atoms with Gasteiger partial charge in [0.15, 0.2) is 16.8 Å². The van der Waals surface area contributed by atoms with Crippen molar-refractivity contribution in [3.8, 4) is 11.5 Å². The molecule has 0 aliphatic carbocycles. The van der Waals surface area contributed by atoms with Crippen molar-refractivity contribution in [3.63, 3.8) is 0 Å². The maximum absolute atomic E-state index is 12.6. The Morgan fingerprint density at radius 1 is 1.00 bits per heavy atom. The van der Waals surface area contributed by atoms with Crippen LogP contribution in [-0.4, -0.2) is 20.3 Å². The van der Waals surface area contributed by atoms with Gasteiger partial charge in [-0.05, 0) is 36.3 Å². The summed E-state index contributed by atoms with van der Waals surface area (Å²) in [6.45, 7) is 4.26. The van der Waals surface area contributed by atoms with Crippen molar-refractivity contribution >= 4 is 33.3 Å². The summed E-state index contributed by atoms with van der Waals surface area (Å²) in [5.74, 6) is 0.604. The molecule has 1 atom stereocenters. The molecule has 4 rings (SSSR count). The monoisotopic (exact) mass is 394 g/mol. The zero-order valence-corrected chi connectivity index (χ0v) is 16.6. The Kier molecular flexibility index (Phi) is 4.81. The molecule has 1 aliphatic rings. The zero-order chi connectivity index (χ0) is 19.8. The average Bonchev–Trinajstić information content (AvgIpc) is 2.68. The van der Waals surface area contributed by atoms with Crippen molar-refractivity contribution in [1.29, 1.82) is 0 Å². The number of hydrogen-bond donors (Lipinski definition) is 3. The van der Waals surface area contributed by atoms with Gasteiger partial charge in [-0.25, -0.2) is 4.21 Å². The number of anilines is 1. The van der Waals surface area contributed by atoms with Crippen molar-refractivity contribution in [1.82, 2.24) is 0 Å². The standard InChI is InChI=1S/C22H22N2O3S/c1-13(2)11-12-16-14-7-3-4-8-15(14)20(25)19(21(16)26)22-23-17-9-5-6-10-18(17)28(27)24-22/h3-10,13,25-26H,11-12H2,1-2H3,(H,23,24). The number of fused-ring (bicyclic) bond motifs is 2. The largest absolute Gasteiger partial charge is 0.507 e. The van der Waals surface area contributed by atoms with Crippen LogP contribution in [0.25, 0.3) is 10.8 Å². The lowest BCUT2D eigenvalue weighted by Gasteiger charge is -2.21. The summed E-state index contributed by atoms with van der Waals surface area (Å²) in [5.41, 5.74) is 1.62. The third-order valence-corrected chi connectivity index (χ3v) is 6.06. The van der Waals surface area contributed by atoms with Gasteiger partial charge in [0.25, 0.3) is 0 Å². The van der Waals surface area contributed by atoms with Crippen molar-refractivity contribution in [2.75, 3.05) is 5.32 Å². The minimum Gasteiger partial charge on any atom is -0.507 e. The highest BCUT2D eigenvalue weighted by Crippen LogP contribution is 2.42. The van der Waals surface area contributed by atoms with Crippen LogP contribution in [0, 0.1) is 5.92 Å². The van der Waals surface area contributed by atoms with E-state index >= 15 is 0 Å². The van der Waals surface area contributed by atoms with E-state index in [0.717, 1.165) is 17.4 Å². The van der Waals surface area contributed by atoms with Crippen LogP contribution in [0.15, 0.2) is 57.8 Å². The first-order chi connectivity index (χ1) is 13.5. The number of nitrogens with one attached hydrogen (secondary N) is 1. The van der Waals surface area contributed by atoms with Crippen LogP contribution in [0.5, 0.6) is 11.5 Å². The van der Waals surface area contributed by atoms with Crippen LogP contribution < -0.4 is 5.32 Å². The number of phenols is 2. The van der Waals surface area contributed by atoms with E-state index in [1.165, 1.54) is 0 Å². The Bertz CT molecular complexity index is 1120. The maximum Gasteiger partial charge on any atom is 0.176 e. The summed E-state index contributed by atoms with van der Waals surface area (Å²) in [5, 5.41) is 26.6. The van der Waals surface area contributed by atoms with Crippen LogP contribution in [0.4, 0.5) is 5.69 Å². The fraction of sp³-hybridized carbons (Fsp3) is 0.227. The Morgan fingerprint density at radius 2 is 1.68 bits per heavy atom. The molecule has 1 unspecified atom stereocenters. The first-order valence-electron chi connectivity index (χ1n) is 9.30. The molecular weight excluding hydrogens is 372 g/mol. The van der Waals surface area contributed by atoms with Crippen molar-refractivity contribution in [2.45, 2.75) is 31.6 Å². The van der Waals surface area contributed by atoms with Gasteiger partial charge in [-0.1, -0.05) is 50.2 Å². The molecule has 0 radical (unpaired) electrons. The summed E-state index contributed by atoms with van der Waals surface area (Å²) in [6.07, 6.45) is 1.57. The Labute approximate surface area is 166 Å². The number of para-hydroxylation sites is 1. The van der Waals surface area contributed by atoms with Crippen LogP contribution in [-0.2, 0) is 17.4 Å². The average molecular weight is 394 g/mol. The van der Waals surface area contributed by atoms with E-state index in [1.807, 2.05) is 30.3 Å². The van der Waals surface area contributed by atoms with E-state index in [-0.39, 0.29) is 22.9 Å². The second kappa shape index (κ2) is 7.28. The van der Waals surface area contributed by atoms with E-state index in [0.29, 0.717) is 28.3 Å². The van der Waals surface area contributed by atoms with Gasteiger partial charge in [0.05, 0.1) is 10.6 Å². The van der Waals surface area contributed by atoms with Gasteiger partial charge < -0.3 is 15.5 Å². The van der Waals surface area contributed by atoms with Crippen molar-refractivity contribution in [3.05, 3.63) is 59.7 Å². The molecule has 0 bridgehead atoms. The topological polar surface area (TPSA) is 81.9 Å². The van der Waals surface area contributed by atoms with E-state index in [4.69, 9.17) is 0 Å². The molecular formula is C22H22N2O3S. The highest BCUT2D eigenvalue weighted by Gasteiger charge is 2.26. The minimum absolute atomic E-state index is 0.0144. The second-order valence-corrected chi connectivity index (χ2v) is 8.46. The molecule has 0 aromatic heterocycles.